The van der Waals surface area contributed by atoms with Gasteiger partial charge in [-0.1, -0.05) is 12.1 Å². The second kappa shape index (κ2) is 6.89. The van der Waals surface area contributed by atoms with Gasteiger partial charge in [-0.15, -0.1) is 0 Å². The average Bonchev–Trinajstić information content (AvgIpc) is 2.42. The lowest BCUT2D eigenvalue weighted by Gasteiger charge is -2.37. The Morgan fingerprint density at radius 3 is 2.74 bits per heavy atom. The van der Waals surface area contributed by atoms with Crippen LogP contribution in [0, 0.1) is 0 Å². The van der Waals surface area contributed by atoms with Gasteiger partial charge in [-0.3, -0.25) is 4.90 Å². The Kier molecular flexibility index (Phi) is 5.19. The average molecular weight is 264 g/mol. The highest BCUT2D eigenvalue weighted by Crippen LogP contribution is 2.24. The zero-order valence-electron chi connectivity index (χ0n) is 11.8. The molecule has 19 heavy (non-hydrogen) atoms. The largest absolute Gasteiger partial charge is 0.494 e. The van der Waals surface area contributed by atoms with E-state index in [0.29, 0.717) is 13.2 Å². The summed E-state index contributed by atoms with van der Waals surface area (Å²) in [4.78, 5) is 2.41. The number of hydrogen-bond acceptors (Lipinski definition) is 4. The van der Waals surface area contributed by atoms with Gasteiger partial charge in [0.25, 0.3) is 0 Å². The fourth-order valence-electron chi connectivity index (χ4n) is 2.58. The third kappa shape index (κ3) is 3.69. The summed E-state index contributed by atoms with van der Waals surface area (Å²) >= 11 is 0. The van der Waals surface area contributed by atoms with E-state index in [0.717, 1.165) is 25.4 Å². The van der Waals surface area contributed by atoms with E-state index in [-0.39, 0.29) is 12.1 Å². The molecule has 0 bridgehead atoms. The number of rotatable bonds is 5. The van der Waals surface area contributed by atoms with Crippen LogP contribution in [0.4, 0.5) is 0 Å². The van der Waals surface area contributed by atoms with E-state index in [1.165, 1.54) is 5.56 Å². The minimum atomic E-state index is 0.266. The minimum Gasteiger partial charge on any atom is -0.494 e. The van der Waals surface area contributed by atoms with Gasteiger partial charge in [0.15, 0.2) is 0 Å². The molecule has 1 fully saturated rings. The third-order valence-corrected chi connectivity index (χ3v) is 3.51. The predicted molar refractivity (Wildman–Crippen MR) is 76.4 cm³/mol. The topological polar surface area (TPSA) is 47.7 Å². The minimum absolute atomic E-state index is 0.266. The molecule has 1 aromatic carbocycles. The molecule has 4 nitrogen and oxygen atoms in total. The van der Waals surface area contributed by atoms with Crippen LogP contribution in [-0.2, 0) is 4.74 Å². The molecule has 2 rings (SSSR count). The number of nitrogens with two attached hydrogens (primary N) is 1. The molecule has 0 aromatic heterocycles. The SMILES string of the molecule is CCOc1ccc(C(CN)N2CCOC(C)C2)cc1. The van der Waals surface area contributed by atoms with Crippen molar-refractivity contribution in [2.45, 2.75) is 26.0 Å². The van der Waals surface area contributed by atoms with Crippen LogP contribution >= 0.6 is 0 Å². The quantitative estimate of drug-likeness (QED) is 0.881. The summed E-state index contributed by atoms with van der Waals surface area (Å²) in [5.41, 5.74) is 7.21. The first-order valence-electron chi connectivity index (χ1n) is 7.03. The summed E-state index contributed by atoms with van der Waals surface area (Å²) in [6.45, 7) is 8.09. The van der Waals surface area contributed by atoms with Gasteiger partial charge in [0, 0.05) is 25.7 Å². The summed E-state index contributed by atoms with van der Waals surface area (Å²) in [6.07, 6.45) is 0.283. The van der Waals surface area contributed by atoms with Gasteiger partial charge in [0.2, 0.25) is 0 Å². The first-order chi connectivity index (χ1) is 9.24. The second-order valence-electron chi connectivity index (χ2n) is 4.93. The highest BCUT2D eigenvalue weighted by molar-refractivity contribution is 5.29. The highest BCUT2D eigenvalue weighted by Gasteiger charge is 2.24. The first kappa shape index (κ1) is 14.3. The molecular formula is C15H24N2O2. The predicted octanol–water partition coefficient (Wildman–Crippen LogP) is 1.81. The van der Waals surface area contributed by atoms with E-state index >= 15 is 0 Å². The molecule has 0 spiro atoms. The maximum Gasteiger partial charge on any atom is 0.119 e. The second-order valence-corrected chi connectivity index (χ2v) is 4.93. The fraction of sp³-hybridized carbons (Fsp3) is 0.600. The Labute approximate surface area is 115 Å². The van der Waals surface area contributed by atoms with Crippen LogP contribution in [0.3, 0.4) is 0 Å². The van der Waals surface area contributed by atoms with E-state index in [9.17, 15) is 0 Å². The molecule has 4 heteroatoms. The lowest BCUT2D eigenvalue weighted by atomic mass is 10.0. The van der Waals surface area contributed by atoms with Crippen LogP contribution in [0.15, 0.2) is 24.3 Å². The van der Waals surface area contributed by atoms with E-state index in [2.05, 4.69) is 24.0 Å². The van der Waals surface area contributed by atoms with Crippen molar-refractivity contribution in [2.24, 2.45) is 5.73 Å². The van der Waals surface area contributed by atoms with Gasteiger partial charge in [0.1, 0.15) is 5.75 Å². The molecule has 0 radical (unpaired) electrons. The van der Waals surface area contributed by atoms with Crippen LogP contribution in [0.25, 0.3) is 0 Å². The summed E-state index contributed by atoms with van der Waals surface area (Å²) in [5.74, 6) is 0.914. The van der Waals surface area contributed by atoms with Gasteiger partial charge in [0.05, 0.1) is 19.3 Å². The molecule has 1 aliphatic rings. The van der Waals surface area contributed by atoms with Crippen molar-refractivity contribution < 1.29 is 9.47 Å². The lowest BCUT2D eigenvalue weighted by Crippen LogP contribution is -2.45. The van der Waals surface area contributed by atoms with E-state index in [1.54, 1.807) is 0 Å². The Hall–Kier alpha value is -1.10. The van der Waals surface area contributed by atoms with E-state index in [1.807, 2.05) is 19.1 Å². The maximum atomic E-state index is 5.96. The van der Waals surface area contributed by atoms with Crippen molar-refractivity contribution in [1.82, 2.24) is 4.90 Å². The standard InChI is InChI=1S/C15H24N2O2/c1-3-18-14-6-4-13(5-7-14)15(10-16)17-8-9-19-12(2)11-17/h4-7,12,15H,3,8-11,16H2,1-2H3. The van der Waals surface area contributed by atoms with Crippen LogP contribution in [-0.4, -0.2) is 43.9 Å². The van der Waals surface area contributed by atoms with E-state index in [4.69, 9.17) is 15.2 Å². The fourth-order valence-corrected chi connectivity index (χ4v) is 2.58. The van der Waals surface area contributed by atoms with Crippen molar-refractivity contribution in [1.29, 1.82) is 0 Å². The Morgan fingerprint density at radius 2 is 2.16 bits per heavy atom. The number of hydrogen-bond donors (Lipinski definition) is 1. The number of morpholine rings is 1. The molecule has 1 saturated heterocycles. The zero-order valence-corrected chi connectivity index (χ0v) is 11.8. The normalized spacial score (nSPS) is 22.2. The molecule has 0 saturated carbocycles. The summed E-state index contributed by atoms with van der Waals surface area (Å²) in [6, 6.07) is 8.53. The molecule has 2 unspecified atom stereocenters. The highest BCUT2D eigenvalue weighted by atomic mass is 16.5. The molecule has 2 N–H and O–H groups in total. The maximum absolute atomic E-state index is 5.96. The molecule has 2 atom stereocenters. The van der Waals surface area contributed by atoms with Gasteiger partial charge in [-0.2, -0.15) is 0 Å². The smallest absolute Gasteiger partial charge is 0.119 e. The van der Waals surface area contributed by atoms with Gasteiger partial charge >= 0.3 is 0 Å². The Balaban J connectivity index is 2.07. The number of ether oxygens (including phenoxy) is 2. The van der Waals surface area contributed by atoms with Crippen molar-refractivity contribution >= 4 is 0 Å². The molecule has 1 aliphatic heterocycles. The first-order valence-corrected chi connectivity index (χ1v) is 7.03. The Morgan fingerprint density at radius 1 is 1.42 bits per heavy atom. The molecule has 106 valence electrons. The summed E-state index contributed by atoms with van der Waals surface area (Å²) < 4.78 is 11.1. The molecule has 0 amide bonds. The van der Waals surface area contributed by atoms with Crippen LogP contribution in [0.1, 0.15) is 25.5 Å². The monoisotopic (exact) mass is 264 g/mol. The third-order valence-electron chi connectivity index (χ3n) is 3.51. The van der Waals surface area contributed by atoms with Crippen molar-refractivity contribution in [2.75, 3.05) is 32.8 Å². The number of benzene rings is 1. The van der Waals surface area contributed by atoms with Crippen molar-refractivity contribution in [3.05, 3.63) is 29.8 Å². The molecular weight excluding hydrogens is 240 g/mol. The van der Waals surface area contributed by atoms with Gasteiger partial charge in [-0.05, 0) is 31.5 Å². The molecule has 1 heterocycles. The zero-order chi connectivity index (χ0) is 13.7. The summed E-state index contributed by atoms with van der Waals surface area (Å²) in [5, 5.41) is 0. The molecule has 0 aliphatic carbocycles. The van der Waals surface area contributed by atoms with Gasteiger partial charge < -0.3 is 15.2 Å². The van der Waals surface area contributed by atoms with Crippen LogP contribution in [0.2, 0.25) is 0 Å². The van der Waals surface area contributed by atoms with E-state index < -0.39 is 0 Å². The lowest BCUT2D eigenvalue weighted by molar-refractivity contribution is -0.0333. The van der Waals surface area contributed by atoms with Crippen molar-refractivity contribution in [3.8, 4) is 5.75 Å². The summed E-state index contributed by atoms with van der Waals surface area (Å²) in [7, 11) is 0. The number of nitrogens with zero attached hydrogens (tertiary/aromatic N) is 1. The molecule has 1 aromatic rings. The van der Waals surface area contributed by atoms with Crippen LogP contribution < -0.4 is 10.5 Å². The van der Waals surface area contributed by atoms with Crippen molar-refractivity contribution in [3.63, 3.8) is 0 Å². The Bertz CT molecular complexity index is 380. The van der Waals surface area contributed by atoms with Crippen LogP contribution in [0.5, 0.6) is 5.75 Å². The van der Waals surface area contributed by atoms with Gasteiger partial charge in [-0.25, -0.2) is 0 Å².